The Hall–Kier alpha value is -3.53. The van der Waals surface area contributed by atoms with Gasteiger partial charge < -0.3 is 14.7 Å². The molecule has 1 fully saturated rings. The topological polar surface area (TPSA) is 122 Å². The van der Waals surface area contributed by atoms with Crippen molar-refractivity contribution in [2.24, 2.45) is 0 Å². The fourth-order valence-electron chi connectivity index (χ4n) is 3.35. The lowest BCUT2D eigenvalue weighted by molar-refractivity contribution is 0.315. The Labute approximate surface area is 176 Å². The smallest absolute Gasteiger partial charge is 0.229 e. The molecule has 1 atom stereocenters. The second-order valence-electron chi connectivity index (χ2n) is 7.04. The molecule has 0 aliphatic carbocycles. The number of aromatic nitrogens is 7. The fourth-order valence-corrected chi connectivity index (χ4v) is 3.53. The van der Waals surface area contributed by atoms with Gasteiger partial charge in [-0.25, -0.2) is 4.98 Å². The van der Waals surface area contributed by atoms with Crippen molar-refractivity contribution < 1.29 is 4.52 Å². The SMILES string of the molecule is Cc1cc(Nc2cc(Cl)nc(N3CCC3c3cc(-c4nccnc4C)no3)n2)n[nH]1. The summed E-state index contributed by atoms with van der Waals surface area (Å²) in [6.45, 7) is 4.60. The Kier molecular flexibility index (Phi) is 4.55. The van der Waals surface area contributed by atoms with Gasteiger partial charge in [0.1, 0.15) is 22.4 Å². The van der Waals surface area contributed by atoms with E-state index in [1.807, 2.05) is 30.9 Å². The van der Waals surface area contributed by atoms with Crippen LogP contribution in [0.4, 0.5) is 17.6 Å². The number of anilines is 3. The summed E-state index contributed by atoms with van der Waals surface area (Å²) < 4.78 is 5.61. The first-order valence-electron chi connectivity index (χ1n) is 9.41. The average Bonchev–Trinajstić information content (AvgIpc) is 3.30. The normalized spacial score (nSPS) is 15.8. The maximum Gasteiger partial charge on any atom is 0.229 e. The van der Waals surface area contributed by atoms with Crippen molar-refractivity contribution in [1.29, 1.82) is 0 Å². The maximum absolute atomic E-state index is 6.24. The Bertz CT molecular complexity index is 1200. The minimum atomic E-state index is -0.0258. The number of H-pyrrole nitrogens is 1. The van der Waals surface area contributed by atoms with E-state index in [0.29, 0.717) is 34.1 Å². The van der Waals surface area contributed by atoms with Gasteiger partial charge in [0.15, 0.2) is 11.6 Å². The summed E-state index contributed by atoms with van der Waals surface area (Å²) in [5.74, 6) is 2.47. The summed E-state index contributed by atoms with van der Waals surface area (Å²) in [6, 6.07) is 5.41. The van der Waals surface area contributed by atoms with Crippen molar-refractivity contribution in [3.8, 4) is 11.4 Å². The fraction of sp³-hybridized carbons (Fsp3) is 0.263. The molecule has 0 amide bonds. The first kappa shape index (κ1) is 18.5. The van der Waals surface area contributed by atoms with Crippen LogP contribution in [0.5, 0.6) is 0 Å². The number of halogens is 1. The molecule has 0 spiro atoms. The molecule has 1 unspecified atom stereocenters. The lowest BCUT2D eigenvalue weighted by Crippen LogP contribution is -2.42. The molecular weight excluding hydrogens is 406 g/mol. The monoisotopic (exact) mass is 423 g/mol. The molecule has 0 bridgehead atoms. The molecule has 5 heterocycles. The summed E-state index contributed by atoms with van der Waals surface area (Å²) in [6.07, 6.45) is 4.19. The highest BCUT2D eigenvalue weighted by atomic mass is 35.5. The molecule has 4 aromatic rings. The molecule has 5 rings (SSSR count). The third kappa shape index (κ3) is 3.45. The van der Waals surface area contributed by atoms with Crippen molar-refractivity contribution in [1.82, 2.24) is 35.3 Å². The van der Waals surface area contributed by atoms with E-state index in [2.05, 4.69) is 40.6 Å². The minimum Gasteiger partial charge on any atom is -0.358 e. The zero-order valence-electron chi connectivity index (χ0n) is 16.3. The first-order chi connectivity index (χ1) is 14.6. The summed E-state index contributed by atoms with van der Waals surface area (Å²) >= 11 is 6.24. The van der Waals surface area contributed by atoms with Gasteiger partial charge in [-0.15, -0.1) is 0 Å². The third-order valence-corrected chi connectivity index (χ3v) is 5.10. The van der Waals surface area contributed by atoms with E-state index in [-0.39, 0.29) is 6.04 Å². The van der Waals surface area contributed by atoms with Crippen molar-refractivity contribution in [2.75, 3.05) is 16.8 Å². The molecule has 2 N–H and O–H groups in total. The van der Waals surface area contributed by atoms with Gasteiger partial charge in [-0.1, -0.05) is 16.8 Å². The van der Waals surface area contributed by atoms with E-state index in [9.17, 15) is 0 Å². The Balaban J connectivity index is 1.39. The second-order valence-corrected chi connectivity index (χ2v) is 7.43. The summed E-state index contributed by atoms with van der Waals surface area (Å²) in [5.41, 5.74) is 3.11. The van der Waals surface area contributed by atoms with Crippen molar-refractivity contribution >= 4 is 29.2 Å². The minimum absolute atomic E-state index is 0.0258. The molecule has 1 aliphatic rings. The highest BCUT2D eigenvalue weighted by molar-refractivity contribution is 6.29. The van der Waals surface area contributed by atoms with E-state index in [1.165, 1.54) is 0 Å². The van der Waals surface area contributed by atoms with Gasteiger partial charge in [0.25, 0.3) is 0 Å². The van der Waals surface area contributed by atoms with Gasteiger partial charge in [-0.3, -0.25) is 15.1 Å². The van der Waals surface area contributed by atoms with Crippen LogP contribution < -0.4 is 10.2 Å². The third-order valence-electron chi connectivity index (χ3n) is 4.90. The van der Waals surface area contributed by atoms with E-state index in [4.69, 9.17) is 16.1 Å². The highest BCUT2D eigenvalue weighted by Crippen LogP contribution is 2.38. The number of nitrogens with zero attached hydrogens (tertiary/aromatic N) is 7. The van der Waals surface area contributed by atoms with E-state index < -0.39 is 0 Å². The van der Waals surface area contributed by atoms with Gasteiger partial charge in [-0.05, 0) is 20.3 Å². The number of rotatable bonds is 5. The quantitative estimate of drug-likeness (QED) is 0.463. The number of hydrogen-bond acceptors (Lipinski definition) is 9. The first-order valence-corrected chi connectivity index (χ1v) is 9.79. The van der Waals surface area contributed by atoms with Gasteiger partial charge in [0.05, 0.1) is 11.7 Å². The van der Waals surface area contributed by atoms with Crippen LogP contribution in [0.2, 0.25) is 5.15 Å². The highest BCUT2D eigenvalue weighted by Gasteiger charge is 2.35. The Morgan fingerprint density at radius 2 is 2.00 bits per heavy atom. The average molecular weight is 424 g/mol. The predicted octanol–water partition coefficient (Wildman–Crippen LogP) is 3.61. The predicted molar refractivity (Wildman–Crippen MR) is 111 cm³/mol. The van der Waals surface area contributed by atoms with Gasteiger partial charge in [-0.2, -0.15) is 10.1 Å². The largest absolute Gasteiger partial charge is 0.358 e. The van der Waals surface area contributed by atoms with Crippen LogP contribution in [0.1, 0.15) is 29.6 Å². The van der Waals surface area contributed by atoms with E-state index in [1.54, 1.807) is 18.5 Å². The molecule has 0 saturated carbocycles. The molecule has 30 heavy (non-hydrogen) atoms. The van der Waals surface area contributed by atoms with Crippen LogP contribution in [0, 0.1) is 13.8 Å². The van der Waals surface area contributed by atoms with Crippen molar-refractivity contribution in [3.63, 3.8) is 0 Å². The van der Waals surface area contributed by atoms with Gasteiger partial charge in [0, 0.05) is 42.8 Å². The molecule has 0 radical (unpaired) electrons. The standard InChI is InChI=1S/C19H18ClN9O/c1-10-7-17(27-26-10)24-16-9-15(20)23-19(25-16)29-6-3-13(29)14-8-12(28-30-14)18-11(2)21-4-5-22-18/h4-5,7-9,13H,3,6H2,1-2H3,(H2,23,24,25,26,27). The molecule has 1 aliphatic heterocycles. The molecule has 10 nitrogen and oxygen atoms in total. The number of hydrogen-bond donors (Lipinski definition) is 2. The molecule has 11 heteroatoms. The molecule has 1 saturated heterocycles. The molecule has 4 aromatic heterocycles. The summed E-state index contributed by atoms with van der Waals surface area (Å²) in [7, 11) is 0. The maximum atomic E-state index is 6.24. The Morgan fingerprint density at radius 1 is 1.13 bits per heavy atom. The zero-order chi connectivity index (χ0) is 20.7. The lowest BCUT2D eigenvalue weighted by Gasteiger charge is -2.39. The number of aromatic amines is 1. The number of nitrogens with one attached hydrogen (secondary N) is 2. The van der Waals surface area contributed by atoms with E-state index in [0.717, 1.165) is 30.1 Å². The number of aryl methyl sites for hydroxylation is 2. The lowest BCUT2D eigenvalue weighted by atomic mass is 10.0. The van der Waals surface area contributed by atoms with Gasteiger partial charge >= 0.3 is 0 Å². The zero-order valence-corrected chi connectivity index (χ0v) is 17.1. The molecular formula is C19H18ClN9O. The van der Waals surface area contributed by atoms with Crippen LogP contribution in [0.15, 0.2) is 35.1 Å². The summed E-state index contributed by atoms with van der Waals surface area (Å²) in [4.78, 5) is 19.6. The van der Waals surface area contributed by atoms with Crippen LogP contribution >= 0.6 is 11.6 Å². The van der Waals surface area contributed by atoms with Gasteiger partial charge in [0.2, 0.25) is 5.95 Å². The molecule has 0 aromatic carbocycles. The second kappa shape index (κ2) is 7.38. The van der Waals surface area contributed by atoms with Crippen LogP contribution in [0.3, 0.4) is 0 Å². The van der Waals surface area contributed by atoms with Crippen LogP contribution in [-0.2, 0) is 0 Å². The van der Waals surface area contributed by atoms with Crippen LogP contribution in [-0.4, -0.2) is 41.8 Å². The Morgan fingerprint density at radius 3 is 2.73 bits per heavy atom. The van der Waals surface area contributed by atoms with Crippen molar-refractivity contribution in [3.05, 3.63) is 52.9 Å². The van der Waals surface area contributed by atoms with Crippen LogP contribution in [0.25, 0.3) is 11.4 Å². The molecule has 152 valence electrons. The van der Waals surface area contributed by atoms with Crippen molar-refractivity contribution in [2.45, 2.75) is 26.3 Å². The summed E-state index contributed by atoms with van der Waals surface area (Å²) in [5, 5.41) is 14.7. The van der Waals surface area contributed by atoms with E-state index >= 15 is 0 Å².